The molecule has 0 fully saturated rings. The van der Waals surface area contributed by atoms with Gasteiger partial charge in [-0.25, -0.2) is 4.79 Å². The van der Waals surface area contributed by atoms with Crippen LogP contribution in [0.5, 0.6) is 0 Å². The van der Waals surface area contributed by atoms with Crippen molar-refractivity contribution in [3.63, 3.8) is 0 Å². The van der Waals surface area contributed by atoms with Crippen LogP contribution in [0.2, 0.25) is 0 Å². The molecule has 1 N–H and O–H groups in total. The number of unbranched alkanes of at least 4 members (excludes halogenated alkanes) is 5. The van der Waals surface area contributed by atoms with E-state index in [2.05, 4.69) is 6.92 Å². The lowest BCUT2D eigenvalue weighted by Crippen LogP contribution is -2.49. The Hall–Kier alpha value is 0.920. The topological polar surface area (TPSA) is 37.3 Å². The maximum Gasteiger partial charge on any atom is 0.343 e. The molecule has 0 aromatic heterocycles. The predicted octanol–water partition coefficient (Wildman–Crippen LogP) is 5.78. The first-order chi connectivity index (χ1) is 8.67. The molecule has 1 unspecified atom stereocenters. The molecular formula is C12H19Cl5O2. The molecule has 0 aliphatic rings. The minimum absolute atomic E-state index is 0.467. The Bertz CT molecular complexity index is 281. The van der Waals surface area contributed by atoms with Gasteiger partial charge in [-0.05, 0) is 6.42 Å². The summed E-state index contributed by atoms with van der Waals surface area (Å²) in [6.07, 6.45) is 6.96. The van der Waals surface area contributed by atoms with E-state index in [1.807, 2.05) is 0 Å². The van der Waals surface area contributed by atoms with Crippen molar-refractivity contribution >= 4 is 64.0 Å². The number of carboxylic acids is 1. The summed E-state index contributed by atoms with van der Waals surface area (Å²) < 4.78 is -4.27. The summed E-state index contributed by atoms with van der Waals surface area (Å²) >= 11 is 29.2. The van der Waals surface area contributed by atoms with Gasteiger partial charge in [-0.1, -0.05) is 91.9 Å². The quantitative estimate of drug-likeness (QED) is 0.390. The summed E-state index contributed by atoms with van der Waals surface area (Å²) in [6.45, 7) is 2.15. The third-order valence-electron chi connectivity index (χ3n) is 2.89. The van der Waals surface area contributed by atoms with Crippen LogP contribution in [0.15, 0.2) is 0 Å². The van der Waals surface area contributed by atoms with Gasteiger partial charge in [-0.3, -0.25) is 0 Å². The standard InChI is InChI=1S/C12H19Cl5O2/c1-2-3-4-5-6-7-8-9(13)11(14,15)12(16,17)10(18)19/h9H,2-8H2,1H3,(H,18,19). The van der Waals surface area contributed by atoms with E-state index in [1.54, 1.807) is 0 Å². The van der Waals surface area contributed by atoms with Crippen LogP contribution in [-0.4, -0.2) is 25.1 Å². The molecule has 0 radical (unpaired) electrons. The summed E-state index contributed by atoms with van der Waals surface area (Å²) in [5.41, 5.74) is 0. The van der Waals surface area contributed by atoms with Crippen LogP contribution in [0.1, 0.15) is 51.9 Å². The van der Waals surface area contributed by atoms with Crippen LogP contribution in [0.4, 0.5) is 0 Å². The Morgan fingerprint density at radius 3 is 2.00 bits per heavy atom. The fourth-order valence-corrected chi connectivity index (χ4v) is 2.70. The predicted molar refractivity (Wildman–Crippen MR) is 84.1 cm³/mol. The van der Waals surface area contributed by atoms with Crippen molar-refractivity contribution in [2.45, 2.75) is 65.9 Å². The molecule has 0 aliphatic heterocycles. The minimum Gasteiger partial charge on any atom is -0.479 e. The van der Waals surface area contributed by atoms with Gasteiger partial charge in [0.25, 0.3) is 0 Å². The van der Waals surface area contributed by atoms with Gasteiger partial charge >= 0.3 is 5.97 Å². The average molecular weight is 373 g/mol. The second-order valence-electron chi connectivity index (χ2n) is 4.53. The number of aliphatic carboxylic acids is 1. The van der Waals surface area contributed by atoms with E-state index in [4.69, 9.17) is 63.1 Å². The van der Waals surface area contributed by atoms with Gasteiger partial charge in [0.1, 0.15) is 0 Å². The zero-order chi connectivity index (χ0) is 15.1. The smallest absolute Gasteiger partial charge is 0.343 e. The van der Waals surface area contributed by atoms with Crippen LogP contribution in [0, 0.1) is 0 Å². The first kappa shape index (κ1) is 19.9. The van der Waals surface area contributed by atoms with Gasteiger partial charge in [-0.2, -0.15) is 0 Å². The lowest BCUT2D eigenvalue weighted by Gasteiger charge is -2.32. The van der Waals surface area contributed by atoms with Crippen LogP contribution < -0.4 is 0 Å². The molecule has 0 rings (SSSR count). The molecule has 0 amide bonds. The van der Waals surface area contributed by atoms with Crippen LogP contribution in [-0.2, 0) is 4.79 Å². The van der Waals surface area contributed by atoms with E-state index in [0.717, 1.165) is 19.3 Å². The number of alkyl halides is 5. The second kappa shape index (κ2) is 9.04. The Morgan fingerprint density at radius 2 is 1.53 bits per heavy atom. The first-order valence-corrected chi connectivity index (χ1v) is 8.25. The summed E-state index contributed by atoms with van der Waals surface area (Å²) in [5, 5.41) is 8.08. The van der Waals surface area contributed by atoms with Crippen LogP contribution in [0.3, 0.4) is 0 Å². The maximum atomic E-state index is 10.9. The van der Waals surface area contributed by atoms with Crippen molar-refractivity contribution in [3.8, 4) is 0 Å². The third kappa shape index (κ3) is 6.05. The van der Waals surface area contributed by atoms with Crippen LogP contribution >= 0.6 is 58.0 Å². The zero-order valence-corrected chi connectivity index (χ0v) is 14.6. The molecule has 0 aromatic carbocycles. The molecule has 0 saturated carbocycles. The van der Waals surface area contributed by atoms with Gasteiger partial charge < -0.3 is 5.11 Å². The Balaban J connectivity index is 4.18. The highest BCUT2D eigenvalue weighted by Crippen LogP contribution is 2.48. The normalized spacial score (nSPS) is 14.4. The molecule has 0 aromatic rings. The number of hydrogen-bond donors (Lipinski definition) is 1. The second-order valence-corrected chi connectivity index (χ2v) is 7.77. The molecule has 0 bridgehead atoms. The third-order valence-corrected chi connectivity index (χ3v) is 6.06. The Kier molecular flexibility index (Phi) is 9.48. The summed E-state index contributed by atoms with van der Waals surface area (Å²) in [5.74, 6) is -1.51. The van der Waals surface area contributed by atoms with Crippen molar-refractivity contribution in [1.29, 1.82) is 0 Å². The van der Waals surface area contributed by atoms with E-state index in [-0.39, 0.29) is 0 Å². The molecule has 7 heteroatoms. The van der Waals surface area contributed by atoms with Gasteiger partial charge in [0.05, 0.1) is 5.38 Å². The van der Waals surface area contributed by atoms with Gasteiger partial charge in [0.2, 0.25) is 4.33 Å². The lowest BCUT2D eigenvalue weighted by atomic mass is 10.1. The largest absolute Gasteiger partial charge is 0.479 e. The molecule has 2 nitrogen and oxygen atoms in total. The van der Waals surface area contributed by atoms with E-state index < -0.39 is 20.0 Å². The van der Waals surface area contributed by atoms with E-state index >= 15 is 0 Å². The number of carboxylic acid groups (broad SMARTS) is 1. The zero-order valence-electron chi connectivity index (χ0n) is 10.8. The van der Waals surface area contributed by atoms with Crippen molar-refractivity contribution in [2.24, 2.45) is 0 Å². The van der Waals surface area contributed by atoms with Crippen molar-refractivity contribution in [2.75, 3.05) is 0 Å². The molecular weight excluding hydrogens is 353 g/mol. The molecule has 1 atom stereocenters. The Labute approximate surface area is 139 Å². The first-order valence-electron chi connectivity index (χ1n) is 6.31. The summed E-state index contributed by atoms with van der Waals surface area (Å²) in [7, 11) is 0. The summed E-state index contributed by atoms with van der Waals surface area (Å²) in [4.78, 5) is 10.9. The number of carbonyl (C=O) groups is 1. The molecule has 0 saturated heterocycles. The van der Waals surface area contributed by atoms with Gasteiger partial charge in [-0.15, -0.1) is 11.6 Å². The lowest BCUT2D eigenvalue weighted by molar-refractivity contribution is -0.138. The molecule has 0 heterocycles. The highest BCUT2D eigenvalue weighted by Gasteiger charge is 2.57. The maximum absolute atomic E-state index is 10.9. The van der Waals surface area contributed by atoms with Crippen molar-refractivity contribution in [3.05, 3.63) is 0 Å². The number of rotatable bonds is 10. The Morgan fingerprint density at radius 1 is 1.05 bits per heavy atom. The van der Waals surface area contributed by atoms with E-state index in [0.29, 0.717) is 6.42 Å². The number of hydrogen-bond acceptors (Lipinski definition) is 1. The fourth-order valence-electron chi connectivity index (χ4n) is 1.62. The molecule has 114 valence electrons. The monoisotopic (exact) mass is 370 g/mol. The average Bonchev–Trinajstić information content (AvgIpc) is 2.32. The number of halogens is 5. The van der Waals surface area contributed by atoms with E-state index in [9.17, 15) is 4.79 Å². The highest BCUT2D eigenvalue weighted by molar-refractivity contribution is 6.69. The SMILES string of the molecule is CCCCCCCCC(Cl)C(Cl)(Cl)C(Cl)(Cl)C(=O)O. The van der Waals surface area contributed by atoms with E-state index in [1.165, 1.54) is 19.3 Å². The van der Waals surface area contributed by atoms with Crippen molar-refractivity contribution in [1.82, 2.24) is 0 Å². The fraction of sp³-hybridized carbons (Fsp3) is 0.917. The molecule has 0 aliphatic carbocycles. The molecule has 0 spiro atoms. The minimum atomic E-state index is -2.33. The van der Waals surface area contributed by atoms with Crippen LogP contribution in [0.25, 0.3) is 0 Å². The van der Waals surface area contributed by atoms with Gasteiger partial charge in [0, 0.05) is 0 Å². The molecule has 19 heavy (non-hydrogen) atoms. The van der Waals surface area contributed by atoms with Gasteiger partial charge in [0.15, 0.2) is 4.33 Å². The summed E-state index contributed by atoms with van der Waals surface area (Å²) in [6, 6.07) is 0. The van der Waals surface area contributed by atoms with Crippen molar-refractivity contribution < 1.29 is 9.90 Å². The highest BCUT2D eigenvalue weighted by atomic mass is 35.5.